The maximum absolute atomic E-state index is 6.70. The second kappa shape index (κ2) is 4.23. The van der Waals surface area contributed by atoms with Crippen LogP contribution < -0.4 is 0 Å². The number of benzene rings is 1. The Bertz CT molecular complexity index is 281. The Kier molecular flexibility index (Phi) is 3.22. The number of nitrogens with zero attached hydrogens (tertiary/aromatic N) is 1. The third-order valence-electron chi connectivity index (χ3n) is 1.19. The molecule has 3 heteroatoms. The molecule has 56 valence electrons. The molecule has 0 unspecified atom stereocenters. The van der Waals surface area contributed by atoms with Crippen molar-refractivity contribution in [2.24, 2.45) is 4.99 Å². The van der Waals surface area contributed by atoms with Crippen LogP contribution in [-0.2, 0) is 0 Å². The molecule has 0 heterocycles. The zero-order valence-corrected chi connectivity index (χ0v) is 7.95. The molecule has 1 aromatic carbocycles. The highest BCUT2D eigenvalue weighted by Gasteiger charge is 1.91. The Balaban J connectivity index is 2.94. The van der Waals surface area contributed by atoms with E-state index in [-0.39, 0.29) is 0 Å². The van der Waals surface area contributed by atoms with Gasteiger partial charge in [0.05, 0.1) is 0 Å². The van der Waals surface area contributed by atoms with Crippen LogP contribution in [0.25, 0.3) is 0 Å². The van der Waals surface area contributed by atoms with Crippen molar-refractivity contribution in [3.05, 3.63) is 33.4 Å². The van der Waals surface area contributed by atoms with Crippen LogP contribution in [0.1, 0.15) is 5.56 Å². The van der Waals surface area contributed by atoms with Gasteiger partial charge in [-0.25, -0.2) is 4.99 Å². The lowest BCUT2D eigenvalue weighted by Crippen LogP contribution is -1.84. The maximum atomic E-state index is 6.70. The number of rotatable bonds is 2. The summed E-state index contributed by atoms with van der Waals surface area (Å²) in [5, 5.41) is 6.70. The van der Waals surface area contributed by atoms with E-state index >= 15 is 0 Å². The fourth-order valence-corrected chi connectivity index (χ4v) is 1.22. The van der Waals surface area contributed by atoms with Crippen molar-refractivity contribution in [1.29, 1.82) is 5.41 Å². The molecule has 0 aliphatic heterocycles. The summed E-state index contributed by atoms with van der Waals surface area (Å²) >= 11 is 2.23. The van der Waals surface area contributed by atoms with Gasteiger partial charge in [0.2, 0.25) is 0 Å². The molecule has 0 bridgehead atoms. The Morgan fingerprint density at radius 2 is 2.09 bits per heavy atom. The van der Waals surface area contributed by atoms with Crippen molar-refractivity contribution in [2.75, 3.05) is 0 Å². The zero-order chi connectivity index (χ0) is 8.10. The van der Waals surface area contributed by atoms with Gasteiger partial charge in [-0.05, 0) is 28.7 Å². The van der Waals surface area contributed by atoms with Gasteiger partial charge in [0.1, 0.15) is 6.34 Å². The molecule has 11 heavy (non-hydrogen) atoms. The molecule has 0 radical (unpaired) electrons. The highest BCUT2D eigenvalue weighted by molar-refractivity contribution is 14.1. The smallest absolute Gasteiger partial charge is 0.106 e. The van der Waals surface area contributed by atoms with Gasteiger partial charge in [-0.1, -0.05) is 18.2 Å². The van der Waals surface area contributed by atoms with Crippen LogP contribution in [0.4, 0.5) is 0 Å². The summed E-state index contributed by atoms with van der Waals surface area (Å²) in [5.74, 6) is 0. The molecule has 2 nitrogen and oxygen atoms in total. The number of aliphatic imine (C=N–C) groups is 1. The topological polar surface area (TPSA) is 36.2 Å². The average molecular weight is 258 g/mol. The Morgan fingerprint density at radius 1 is 1.36 bits per heavy atom. The van der Waals surface area contributed by atoms with Crippen LogP contribution in [-0.4, -0.2) is 12.6 Å². The zero-order valence-electron chi connectivity index (χ0n) is 5.79. The van der Waals surface area contributed by atoms with Gasteiger partial charge in [-0.3, -0.25) is 5.41 Å². The first kappa shape index (κ1) is 8.39. The second-order valence-electron chi connectivity index (χ2n) is 1.93. The van der Waals surface area contributed by atoms with Gasteiger partial charge in [0, 0.05) is 15.3 Å². The number of hydrogen-bond donors (Lipinski definition) is 1. The molecule has 0 saturated heterocycles. The molecular formula is C8H7IN2. The average Bonchev–Trinajstić information content (AvgIpc) is 2.03. The van der Waals surface area contributed by atoms with Crippen LogP contribution in [0.5, 0.6) is 0 Å². The summed E-state index contributed by atoms with van der Waals surface area (Å²) in [6.07, 6.45) is 2.71. The van der Waals surface area contributed by atoms with Gasteiger partial charge in [-0.2, -0.15) is 0 Å². The van der Waals surface area contributed by atoms with Crippen LogP contribution >= 0.6 is 22.6 Å². The first-order valence-electron chi connectivity index (χ1n) is 3.11. The second-order valence-corrected chi connectivity index (χ2v) is 3.09. The van der Waals surface area contributed by atoms with E-state index in [9.17, 15) is 0 Å². The number of halogens is 1. The molecule has 1 rings (SSSR count). The van der Waals surface area contributed by atoms with Gasteiger partial charge in [-0.15, -0.1) is 0 Å². The van der Waals surface area contributed by atoms with Crippen molar-refractivity contribution < 1.29 is 0 Å². The van der Waals surface area contributed by atoms with Crippen LogP contribution in [0.2, 0.25) is 0 Å². The molecule has 0 aromatic heterocycles. The van der Waals surface area contributed by atoms with Gasteiger partial charge in [0.15, 0.2) is 0 Å². The SMILES string of the molecule is N=C/N=C\c1ccccc1I. The normalized spacial score (nSPS) is 10.3. The fraction of sp³-hybridized carbons (Fsp3) is 0. The first-order valence-corrected chi connectivity index (χ1v) is 4.19. The monoisotopic (exact) mass is 258 g/mol. The lowest BCUT2D eigenvalue weighted by atomic mass is 10.2. The van der Waals surface area contributed by atoms with E-state index < -0.39 is 0 Å². The van der Waals surface area contributed by atoms with E-state index in [2.05, 4.69) is 27.6 Å². The summed E-state index contributed by atoms with van der Waals surface area (Å²) in [6.45, 7) is 0. The molecule has 0 saturated carbocycles. The number of nitrogens with one attached hydrogen (secondary N) is 1. The fourth-order valence-electron chi connectivity index (χ4n) is 0.697. The van der Waals surface area contributed by atoms with E-state index in [4.69, 9.17) is 5.41 Å². The van der Waals surface area contributed by atoms with Gasteiger partial charge < -0.3 is 0 Å². The lowest BCUT2D eigenvalue weighted by Gasteiger charge is -1.93. The highest BCUT2D eigenvalue weighted by Crippen LogP contribution is 2.08. The minimum absolute atomic E-state index is 1.03. The summed E-state index contributed by atoms with van der Waals surface area (Å²) < 4.78 is 1.15. The lowest BCUT2D eigenvalue weighted by molar-refractivity contribution is 1.51. The molecule has 1 N–H and O–H groups in total. The molecule has 0 aliphatic rings. The minimum atomic E-state index is 1.03. The molecule has 0 spiro atoms. The molecule has 0 aliphatic carbocycles. The molecule has 0 atom stereocenters. The molecule has 0 amide bonds. The van der Waals surface area contributed by atoms with Crippen molar-refractivity contribution in [1.82, 2.24) is 0 Å². The highest BCUT2D eigenvalue weighted by atomic mass is 127. The number of hydrogen-bond acceptors (Lipinski definition) is 1. The van der Waals surface area contributed by atoms with Crippen molar-refractivity contribution in [3.63, 3.8) is 0 Å². The van der Waals surface area contributed by atoms with Crippen LogP contribution in [0, 0.1) is 8.98 Å². The van der Waals surface area contributed by atoms with Crippen molar-refractivity contribution in [3.8, 4) is 0 Å². The van der Waals surface area contributed by atoms with E-state index in [1.54, 1.807) is 6.21 Å². The quantitative estimate of drug-likeness (QED) is 0.480. The van der Waals surface area contributed by atoms with Gasteiger partial charge in [0.25, 0.3) is 0 Å². The summed E-state index contributed by atoms with van der Waals surface area (Å²) in [7, 11) is 0. The third kappa shape index (κ3) is 2.42. The summed E-state index contributed by atoms with van der Waals surface area (Å²) in [5.41, 5.74) is 1.05. The van der Waals surface area contributed by atoms with Gasteiger partial charge >= 0.3 is 0 Å². The van der Waals surface area contributed by atoms with E-state index in [1.807, 2.05) is 24.3 Å². The van der Waals surface area contributed by atoms with E-state index in [0.717, 1.165) is 15.5 Å². The Morgan fingerprint density at radius 3 is 2.73 bits per heavy atom. The van der Waals surface area contributed by atoms with Crippen LogP contribution in [0.15, 0.2) is 29.3 Å². The van der Waals surface area contributed by atoms with Crippen LogP contribution in [0.3, 0.4) is 0 Å². The largest absolute Gasteiger partial charge is 0.290 e. The van der Waals surface area contributed by atoms with Crippen molar-refractivity contribution >= 4 is 35.1 Å². The Hall–Kier alpha value is -0.710. The third-order valence-corrected chi connectivity index (χ3v) is 2.18. The summed E-state index contributed by atoms with van der Waals surface area (Å²) in [4.78, 5) is 3.71. The first-order chi connectivity index (χ1) is 5.34. The van der Waals surface area contributed by atoms with E-state index in [0.29, 0.717) is 0 Å². The van der Waals surface area contributed by atoms with Crippen molar-refractivity contribution in [2.45, 2.75) is 0 Å². The molecule has 1 aromatic rings. The van der Waals surface area contributed by atoms with E-state index in [1.165, 1.54) is 0 Å². The molecule has 0 fully saturated rings. The Labute approximate surface area is 79.0 Å². The minimum Gasteiger partial charge on any atom is -0.290 e. The molecular weight excluding hydrogens is 251 g/mol. The standard InChI is InChI=1S/C8H7IN2/c9-8-4-2-1-3-7(8)5-11-6-10/h1-6,10H/b10-6?,11-5-. The predicted octanol–water partition coefficient (Wildman–Crippen LogP) is 2.32. The summed E-state index contributed by atoms with van der Waals surface area (Å²) in [6, 6.07) is 7.90. The predicted molar refractivity (Wildman–Crippen MR) is 55.5 cm³/mol. The maximum Gasteiger partial charge on any atom is 0.106 e.